The fourth-order valence-corrected chi connectivity index (χ4v) is 2.12. The molecule has 18 heavy (non-hydrogen) atoms. The number of nitrogens with zero attached hydrogens (tertiary/aromatic N) is 2. The van der Waals surface area contributed by atoms with Crippen LogP contribution in [0.1, 0.15) is 20.8 Å². The average molecular weight is 290 g/mol. The van der Waals surface area contributed by atoms with Crippen LogP contribution in [0.15, 0.2) is 28.2 Å². The smallest absolute Gasteiger partial charge is 0.350 e. The van der Waals surface area contributed by atoms with Gasteiger partial charge in [-0.25, -0.2) is 9.79 Å². The maximum absolute atomic E-state index is 12.0. The normalized spacial score (nSPS) is 22.6. The van der Waals surface area contributed by atoms with Crippen LogP contribution in [0.3, 0.4) is 0 Å². The van der Waals surface area contributed by atoms with E-state index in [0.717, 1.165) is 0 Å². The molecule has 2 aliphatic heterocycles. The molecule has 2 heterocycles. The second kappa shape index (κ2) is 4.48. The largest absolute Gasteiger partial charge is 0.457 e. The lowest BCUT2D eigenvalue weighted by Gasteiger charge is -2.29. The molecule has 1 N–H and O–H groups in total. The molecule has 0 saturated carbocycles. The summed E-state index contributed by atoms with van der Waals surface area (Å²) in [6.45, 7) is 5.41. The van der Waals surface area contributed by atoms with Gasteiger partial charge in [0, 0.05) is 12.3 Å². The summed E-state index contributed by atoms with van der Waals surface area (Å²) in [5.41, 5.74) is -0.561. The van der Waals surface area contributed by atoms with Crippen molar-refractivity contribution < 1.29 is 9.53 Å². The number of carbonyl (C=O) groups is 1. The van der Waals surface area contributed by atoms with E-state index < -0.39 is 17.7 Å². The molecule has 0 radical (unpaired) electrons. The summed E-state index contributed by atoms with van der Waals surface area (Å²) in [7, 11) is 0. The summed E-state index contributed by atoms with van der Waals surface area (Å²) in [6.07, 6.45) is 2.34. The number of allylic oxidation sites excluding steroid dienone is 1. The summed E-state index contributed by atoms with van der Waals surface area (Å²) >= 11 is 11.8. The Morgan fingerprint density at radius 2 is 2.17 bits per heavy atom. The van der Waals surface area contributed by atoms with Gasteiger partial charge in [-0.15, -0.1) is 0 Å². The molecule has 0 spiro atoms. The number of esters is 1. The maximum atomic E-state index is 12.0. The number of ether oxygens (including phenoxy) is 1. The highest BCUT2D eigenvalue weighted by atomic mass is 35.5. The van der Waals surface area contributed by atoms with E-state index in [0.29, 0.717) is 11.0 Å². The van der Waals surface area contributed by atoms with E-state index in [2.05, 4.69) is 10.3 Å². The SMILES string of the molecule is CC(C)(C)OC(=O)[C@H]1NC=C2N=C(Cl)C=C(Cl)N21. The minimum absolute atomic E-state index is 0.272. The second-order valence-electron chi connectivity index (χ2n) is 4.88. The van der Waals surface area contributed by atoms with E-state index in [1.165, 1.54) is 11.0 Å². The molecule has 0 unspecified atom stereocenters. The summed E-state index contributed by atoms with van der Waals surface area (Å²) in [6, 6.07) is 0. The molecule has 0 aromatic heterocycles. The molecule has 0 amide bonds. The molecule has 98 valence electrons. The number of aliphatic imine (C=N–C) groups is 1. The fourth-order valence-electron chi connectivity index (χ4n) is 1.59. The van der Waals surface area contributed by atoms with Gasteiger partial charge in [-0.05, 0) is 20.8 Å². The topological polar surface area (TPSA) is 53.9 Å². The lowest BCUT2D eigenvalue weighted by Crippen LogP contribution is -2.46. The summed E-state index contributed by atoms with van der Waals surface area (Å²) in [5.74, 6) is 0.0666. The molecule has 0 fully saturated rings. The van der Waals surface area contributed by atoms with Gasteiger partial charge in [0.15, 0.2) is 5.82 Å². The van der Waals surface area contributed by atoms with E-state index in [-0.39, 0.29) is 5.17 Å². The van der Waals surface area contributed by atoms with Crippen LogP contribution in [-0.4, -0.2) is 27.8 Å². The van der Waals surface area contributed by atoms with Crippen molar-refractivity contribution in [3.8, 4) is 0 Å². The second-order valence-corrected chi connectivity index (χ2v) is 5.65. The third-order valence-electron chi connectivity index (χ3n) is 2.20. The first-order valence-electron chi connectivity index (χ1n) is 5.38. The Morgan fingerprint density at radius 1 is 1.50 bits per heavy atom. The first-order chi connectivity index (χ1) is 8.28. The highest BCUT2D eigenvalue weighted by molar-refractivity contribution is 6.69. The van der Waals surface area contributed by atoms with Gasteiger partial charge >= 0.3 is 5.97 Å². The molecule has 7 heteroatoms. The summed E-state index contributed by atoms with van der Waals surface area (Å²) in [5, 5.41) is 3.46. The zero-order chi connectivity index (χ0) is 13.5. The van der Waals surface area contributed by atoms with Crippen LogP contribution in [0, 0.1) is 0 Å². The van der Waals surface area contributed by atoms with Crippen LogP contribution in [-0.2, 0) is 9.53 Å². The quantitative estimate of drug-likeness (QED) is 0.593. The Kier molecular flexibility index (Phi) is 3.29. The van der Waals surface area contributed by atoms with Gasteiger partial charge in [0.1, 0.15) is 15.9 Å². The van der Waals surface area contributed by atoms with Crippen LogP contribution in [0.25, 0.3) is 0 Å². The van der Waals surface area contributed by atoms with Gasteiger partial charge in [-0.1, -0.05) is 23.2 Å². The van der Waals surface area contributed by atoms with Crippen molar-refractivity contribution in [2.24, 2.45) is 4.99 Å². The molecule has 2 aliphatic rings. The molecule has 1 atom stereocenters. The Balaban J connectivity index is 2.17. The van der Waals surface area contributed by atoms with Crippen LogP contribution in [0.2, 0.25) is 0 Å². The first-order valence-corrected chi connectivity index (χ1v) is 6.13. The Labute approximate surface area is 115 Å². The Morgan fingerprint density at radius 3 is 2.78 bits per heavy atom. The van der Waals surface area contributed by atoms with Crippen molar-refractivity contribution >= 4 is 34.3 Å². The summed E-state index contributed by atoms with van der Waals surface area (Å²) < 4.78 is 5.30. The van der Waals surface area contributed by atoms with Gasteiger partial charge in [0.2, 0.25) is 6.17 Å². The van der Waals surface area contributed by atoms with Gasteiger partial charge in [-0.2, -0.15) is 0 Å². The molecular formula is C11H13Cl2N3O2. The standard InChI is InChI=1S/C11H13Cl2N3O2/c1-11(2,3)18-10(17)9-14-5-8-15-6(12)4-7(13)16(8)9/h4-5,9,14H,1-3H3/t9-/m0/s1. The Bertz CT molecular complexity index is 477. The molecular weight excluding hydrogens is 277 g/mol. The van der Waals surface area contributed by atoms with E-state index in [1.54, 1.807) is 27.0 Å². The number of hydrogen-bond acceptors (Lipinski definition) is 5. The fraction of sp³-hybridized carbons (Fsp3) is 0.455. The van der Waals surface area contributed by atoms with Crippen LogP contribution in [0.5, 0.6) is 0 Å². The van der Waals surface area contributed by atoms with Crippen molar-refractivity contribution in [1.82, 2.24) is 10.2 Å². The van der Waals surface area contributed by atoms with Crippen molar-refractivity contribution in [3.63, 3.8) is 0 Å². The van der Waals surface area contributed by atoms with Gasteiger partial charge in [-0.3, -0.25) is 4.90 Å². The van der Waals surface area contributed by atoms with E-state index in [1.807, 2.05) is 0 Å². The molecule has 0 bridgehead atoms. The predicted octanol–water partition coefficient (Wildman–Crippen LogP) is 2.09. The Hall–Kier alpha value is -1.20. The number of nitrogens with one attached hydrogen (secondary N) is 1. The molecule has 5 nitrogen and oxygen atoms in total. The van der Waals surface area contributed by atoms with Gasteiger partial charge in [0.05, 0.1) is 0 Å². The zero-order valence-corrected chi connectivity index (χ0v) is 11.7. The number of carbonyl (C=O) groups excluding carboxylic acids is 1. The maximum Gasteiger partial charge on any atom is 0.350 e. The number of halogens is 2. The lowest BCUT2D eigenvalue weighted by atomic mass is 10.2. The molecule has 0 aromatic carbocycles. The van der Waals surface area contributed by atoms with Gasteiger partial charge < -0.3 is 10.1 Å². The monoisotopic (exact) mass is 289 g/mol. The first kappa shape index (κ1) is 13.2. The highest BCUT2D eigenvalue weighted by Gasteiger charge is 2.38. The van der Waals surface area contributed by atoms with Crippen molar-refractivity contribution in [3.05, 3.63) is 23.3 Å². The molecule has 0 aliphatic carbocycles. The number of hydrogen-bond donors (Lipinski definition) is 1. The molecule has 0 saturated heterocycles. The minimum Gasteiger partial charge on any atom is -0.457 e. The van der Waals surface area contributed by atoms with Crippen molar-refractivity contribution in [2.75, 3.05) is 0 Å². The van der Waals surface area contributed by atoms with E-state index in [4.69, 9.17) is 27.9 Å². The van der Waals surface area contributed by atoms with Crippen LogP contribution >= 0.6 is 23.2 Å². The minimum atomic E-state index is -0.712. The van der Waals surface area contributed by atoms with Crippen molar-refractivity contribution in [2.45, 2.75) is 32.5 Å². The van der Waals surface area contributed by atoms with Crippen LogP contribution in [0.4, 0.5) is 0 Å². The number of fused-ring (bicyclic) bond motifs is 1. The van der Waals surface area contributed by atoms with E-state index >= 15 is 0 Å². The predicted molar refractivity (Wildman–Crippen MR) is 69.9 cm³/mol. The van der Waals surface area contributed by atoms with Crippen LogP contribution < -0.4 is 5.32 Å². The zero-order valence-electron chi connectivity index (χ0n) is 10.2. The third kappa shape index (κ3) is 2.62. The van der Waals surface area contributed by atoms with Crippen molar-refractivity contribution in [1.29, 1.82) is 0 Å². The molecule has 2 rings (SSSR count). The third-order valence-corrected chi connectivity index (χ3v) is 2.68. The summed E-state index contributed by atoms with van der Waals surface area (Å²) in [4.78, 5) is 17.6. The number of rotatable bonds is 1. The van der Waals surface area contributed by atoms with Gasteiger partial charge in [0.25, 0.3) is 0 Å². The highest BCUT2D eigenvalue weighted by Crippen LogP contribution is 2.29. The molecule has 0 aromatic rings. The average Bonchev–Trinajstić information content (AvgIpc) is 2.58. The lowest BCUT2D eigenvalue weighted by molar-refractivity contribution is -0.160. The van der Waals surface area contributed by atoms with E-state index in [9.17, 15) is 4.79 Å².